The molecule has 135 heavy (non-hydrogen) atoms. The number of aliphatic hydroxyl groups is 6. The van der Waals surface area contributed by atoms with Crippen molar-refractivity contribution in [1.82, 2.24) is 97.6 Å². The van der Waals surface area contributed by atoms with Crippen LogP contribution in [0.3, 0.4) is 0 Å². The Hall–Kier alpha value is -8.97. The maximum atomic E-state index is 12.5. The topological polar surface area (TPSA) is 550 Å². The smallest absolute Gasteiger partial charge is 0.338 e. The molecule has 714 valence electrons. The van der Waals surface area contributed by atoms with Crippen molar-refractivity contribution in [2.24, 2.45) is 0 Å². The van der Waals surface area contributed by atoms with Crippen molar-refractivity contribution in [3.05, 3.63) is 171 Å². The van der Waals surface area contributed by atoms with E-state index < -0.39 is 63.0 Å². The second kappa shape index (κ2) is 40.5. The first-order chi connectivity index (χ1) is 64.6. The lowest BCUT2D eigenvalue weighted by molar-refractivity contribution is -0.149. The van der Waals surface area contributed by atoms with E-state index in [1.54, 1.807) is 150 Å². The molecule has 3 aromatic carbocycles. The number of halogens is 6. The maximum absolute atomic E-state index is 12.5. The highest BCUT2D eigenvalue weighted by molar-refractivity contribution is 8.01. The molecule has 8 fully saturated rings. The quantitative estimate of drug-likeness (QED) is 0.0165. The van der Waals surface area contributed by atoms with Gasteiger partial charge in [0, 0.05) is 14.1 Å². The van der Waals surface area contributed by atoms with Gasteiger partial charge in [-0.2, -0.15) is 44.9 Å². The molecule has 42 nitrogen and oxygen atoms in total. The van der Waals surface area contributed by atoms with Gasteiger partial charge in [-0.3, -0.25) is 22.8 Å². The van der Waals surface area contributed by atoms with Crippen LogP contribution >= 0.6 is 128 Å². The number of carbonyl (C=O) groups excluding carboxylic acids is 3. The number of hydrogen-bond acceptors (Lipinski definition) is 42. The largest absolute Gasteiger partial charge is 0.461 e. The van der Waals surface area contributed by atoms with Crippen LogP contribution in [-0.4, -0.2) is 298 Å². The third kappa shape index (κ3) is 20.3. The molecule has 12 N–H and O–H groups in total. The molecule has 8 aliphatic heterocycles. The van der Waals surface area contributed by atoms with E-state index in [1.807, 2.05) is 73.4 Å². The lowest BCUT2D eigenvalue weighted by Gasteiger charge is -2.24. The van der Waals surface area contributed by atoms with Crippen LogP contribution in [0.1, 0.15) is 99.5 Å². The molecule has 13 aromatic rings. The molecule has 0 spiro atoms. The van der Waals surface area contributed by atoms with E-state index in [9.17, 15) is 45.0 Å². The summed E-state index contributed by atoms with van der Waals surface area (Å²) in [5.41, 5.74) is 18.1. The number of carbonyl (C=O) groups is 3. The van der Waals surface area contributed by atoms with E-state index in [1.165, 1.54) is 36.2 Å². The van der Waals surface area contributed by atoms with E-state index in [2.05, 4.69) is 85.4 Å². The van der Waals surface area contributed by atoms with E-state index in [0.29, 0.717) is 84.1 Å². The Labute approximate surface area is 817 Å². The van der Waals surface area contributed by atoms with Gasteiger partial charge in [0.1, 0.15) is 112 Å². The standard InChI is InChI=1S/C21H22ClN5O4S.C20H18Cl2N4O4S.C20H20ClN5O4S.C11H14ClN5O3S.C10H12ClN5O3S/c1-21(2)30-14-12(9-29-19(28)11-7-5-4-6-8-11)32-18(15(14)31-21)27-10-24-13-16(23-3)25-20(22)26-17(13)27;1-20(2)29-13-11(8-28-18(27)10-6-4-3-5-7-10)31-17(14(13)30-20)26-9-23-12-15(21)24-19(22)25-16(12)26;1-20(2)29-13-11(8-28-18(27)10-6-4-3-5-7-10)31-17(14(13)30-20)26-9-23-12-15(22)24-19(21)25-16(12)26;1-13-8-5-9(16-11(12)15-8)17(3-14-5)10-7(20)6(19)4(2-18)21-10;11-10-14-7(12)4-8(15-10)16(2-13-4)9-6(19)5(18)3(1-17)20-9/h4-8,10,12,14-15,18H,9H2,1-3H3,(H,23,25,26);3-7,9,11,13-14,17H,8H2,1-2H3;3-7,9,11,13-14,17H,8H2,1-2H3,(H2,22,24,25);3-4,6-7,10,18-20H,2H2,1H3,(H,13,15,16);2-3,5-6,9,17-19H,1H2,(H2,12,14,15). The monoisotopic (exact) mass is 2060 g/mol. The number of aromatic nitrogens is 20. The zero-order valence-electron chi connectivity index (χ0n) is 72.1. The number of thioether (sulfide) groups is 5. The number of nitrogen functional groups attached to an aromatic ring is 2. The normalized spacial score (nSPS) is 27.6. The number of nitrogens with one attached hydrogen (secondary N) is 2. The number of benzene rings is 3. The first-order valence-corrected chi connectivity index (χ1v) is 48.5. The van der Waals surface area contributed by atoms with Crippen LogP contribution in [0.5, 0.6) is 0 Å². The Morgan fingerprint density at radius 2 is 0.622 bits per heavy atom. The summed E-state index contributed by atoms with van der Waals surface area (Å²) in [5.74, 6) is -2.00. The Kier molecular flexibility index (Phi) is 29.3. The van der Waals surface area contributed by atoms with E-state index >= 15 is 0 Å². The molecule has 20 atom stereocenters. The van der Waals surface area contributed by atoms with Gasteiger partial charge in [-0.25, -0.2) is 44.3 Å². The van der Waals surface area contributed by atoms with Gasteiger partial charge in [-0.15, -0.1) is 58.8 Å². The van der Waals surface area contributed by atoms with Crippen LogP contribution in [0.4, 0.5) is 23.3 Å². The number of nitrogens with two attached hydrogens (primary N) is 2. The van der Waals surface area contributed by atoms with E-state index in [4.69, 9.17) is 124 Å². The SMILES string of the molecule is CC1(C)OC2C(COC(=O)c3ccccc3)SC(n3cnc4c(Cl)nc(Cl)nc43)C2O1.CC1(C)OC2C(COC(=O)c3ccccc3)SC(n3cnc4c(N)nc(Cl)nc43)C2O1.CNc1nc(Cl)nc2c1ncn2C1SC(CO)C(O)C1O.CNc1nc(Cl)nc2c1ncn2C1SC(COC(=O)c2ccccc2)C2OC(C)(C)OC21.Nc1nc(Cl)nc2c1ncn2C1SC(CO)C(O)C1O. The summed E-state index contributed by atoms with van der Waals surface area (Å²) in [5, 5.41) is 61.8. The van der Waals surface area contributed by atoms with Gasteiger partial charge in [0.2, 0.25) is 26.4 Å². The first-order valence-electron chi connectivity index (χ1n) is 41.6. The molecule has 0 bridgehead atoms. The molecular weight excluding hydrogens is 1980 g/mol. The summed E-state index contributed by atoms with van der Waals surface area (Å²) in [6.45, 7) is 11.3. The lowest BCUT2D eigenvalue weighted by atomic mass is 10.1. The average Bonchev–Trinajstić information content (AvgIpc) is 1.59. The zero-order chi connectivity index (χ0) is 95.5. The third-order valence-electron chi connectivity index (χ3n) is 22.4. The fraction of sp³-hybridized carbons (Fsp3) is 0.439. The van der Waals surface area contributed by atoms with Crippen molar-refractivity contribution in [2.75, 3.05) is 69.2 Å². The minimum absolute atomic E-state index is 0.0199. The van der Waals surface area contributed by atoms with Gasteiger partial charge >= 0.3 is 17.9 Å². The molecule has 53 heteroatoms. The van der Waals surface area contributed by atoms with Crippen LogP contribution in [-0.2, 0) is 42.6 Å². The second-order valence-corrected chi connectivity index (χ2v) is 41.4. The average molecular weight is 2070 g/mol. The summed E-state index contributed by atoms with van der Waals surface area (Å²) in [4.78, 5) is 100.0. The molecule has 10 aromatic heterocycles. The van der Waals surface area contributed by atoms with Gasteiger partial charge in [-0.1, -0.05) is 66.2 Å². The van der Waals surface area contributed by atoms with Gasteiger partial charge in [0.15, 0.2) is 85.1 Å². The fourth-order valence-electron chi connectivity index (χ4n) is 16.5. The summed E-state index contributed by atoms with van der Waals surface area (Å²) in [6, 6.07) is 26.7. The molecule has 0 aliphatic carbocycles. The van der Waals surface area contributed by atoms with Crippen LogP contribution in [0.2, 0.25) is 31.6 Å². The minimum Gasteiger partial charge on any atom is -0.461 e. The Balaban J connectivity index is 0.000000119. The zero-order valence-corrected chi connectivity index (χ0v) is 80.7. The number of nitrogens with zero attached hydrogens (tertiary/aromatic N) is 20. The van der Waals surface area contributed by atoms with Crippen LogP contribution < -0.4 is 22.1 Å². The van der Waals surface area contributed by atoms with Crippen molar-refractivity contribution in [3.8, 4) is 0 Å². The Morgan fingerprint density at radius 1 is 0.363 bits per heavy atom. The predicted octanol–water partition coefficient (Wildman–Crippen LogP) is 9.93. The maximum Gasteiger partial charge on any atom is 0.338 e. The number of imidazole rings is 5. The van der Waals surface area contributed by atoms with Crippen molar-refractivity contribution in [3.63, 3.8) is 0 Å². The minimum atomic E-state index is -1.05. The Bertz CT molecular complexity index is 6340. The molecule has 21 rings (SSSR count). The van der Waals surface area contributed by atoms with Gasteiger partial charge in [0.25, 0.3) is 0 Å². The highest BCUT2D eigenvalue weighted by Gasteiger charge is 2.59. The van der Waals surface area contributed by atoms with Crippen LogP contribution in [0.15, 0.2) is 123 Å². The Morgan fingerprint density at radius 3 is 0.926 bits per heavy atom. The van der Waals surface area contributed by atoms with Crippen molar-refractivity contribution < 1.29 is 87.7 Å². The number of anilines is 4. The highest BCUT2D eigenvalue weighted by Crippen LogP contribution is 2.56. The molecule has 0 saturated carbocycles. The highest BCUT2D eigenvalue weighted by atomic mass is 35.5. The summed E-state index contributed by atoms with van der Waals surface area (Å²) >= 11 is 43.3. The van der Waals surface area contributed by atoms with Crippen molar-refractivity contribution in [2.45, 2.75) is 173 Å². The predicted molar refractivity (Wildman–Crippen MR) is 507 cm³/mol. The second-order valence-electron chi connectivity index (χ2n) is 32.6. The molecular formula is C82H86Cl6N24O18S5. The number of rotatable bonds is 18. The van der Waals surface area contributed by atoms with E-state index in [-0.39, 0.29) is 163 Å². The van der Waals surface area contributed by atoms with Gasteiger partial charge in [-0.05, 0) is 136 Å². The molecule has 0 amide bonds. The molecule has 8 saturated heterocycles. The molecule has 8 aliphatic rings. The number of hydrogen-bond donors (Lipinski definition) is 10. The summed E-state index contributed by atoms with van der Waals surface area (Å²) in [6.07, 6.45) is 2.16. The molecule has 18 heterocycles. The van der Waals surface area contributed by atoms with Gasteiger partial charge < -0.3 is 95.4 Å². The molecule has 0 radical (unpaired) electrons. The summed E-state index contributed by atoms with van der Waals surface area (Å²) < 4.78 is 62.8. The third-order valence-corrected chi connectivity index (χ3v) is 31.2. The summed E-state index contributed by atoms with van der Waals surface area (Å²) in [7, 11) is 3.45. The molecule has 20 unspecified atom stereocenters. The number of ether oxygens (including phenoxy) is 9. The lowest BCUT2D eigenvalue weighted by Crippen LogP contribution is -2.32. The number of fused-ring (bicyclic) bond motifs is 8. The van der Waals surface area contributed by atoms with Crippen molar-refractivity contribution >= 4 is 225 Å². The first kappa shape index (κ1) is 97.7. The fourth-order valence-corrected chi connectivity index (χ4v) is 24.9. The number of aliphatic hydroxyl groups excluding tert-OH is 6. The number of esters is 3. The van der Waals surface area contributed by atoms with Gasteiger partial charge in [0.05, 0.1) is 100.0 Å². The van der Waals surface area contributed by atoms with E-state index in [0.717, 1.165) is 0 Å². The van der Waals surface area contributed by atoms with Crippen molar-refractivity contribution in [1.29, 1.82) is 0 Å². The van der Waals surface area contributed by atoms with Crippen LogP contribution in [0.25, 0.3) is 55.8 Å². The van der Waals surface area contributed by atoms with Crippen LogP contribution in [0, 0.1) is 0 Å².